The third-order valence-corrected chi connectivity index (χ3v) is 4.61. The molecular weight excluding hydrogens is 392 g/mol. The summed E-state index contributed by atoms with van der Waals surface area (Å²) in [5, 5.41) is 8.58. The van der Waals surface area contributed by atoms with E-state index in [-0.39, 0.29) is 24.3 Å². The number of nitrogens with zero attached hydrogens (tertiary/aromatic N) is 1. The Hall–Kier alpha value is -3.35. The molecule has 0 aliphatic rings. The van der Waals surface area contributed by atoms with E-state index >= 15 is 0 Å². The number of carbonyl (C=O) groups excluding carboxylic acids is 3. The molecule has 3 amide bonds. The summed E-state index contributed by atoms with van der Waals surface area (Å²) < 4.78 is 0. The molecule has 7 heteroatoms. The fourth-order valence-corrected chi connectivity index (χ4v) is 3.15. The summed E-state index contributed by atoms with van der Waals surface area (Å²) >= 11 is 0. The Kier molecular flexibility index (Phi) is 9.55. The van der Waals surface area contributed by atoms with Gasteiger partial charge in [-0.05, 0) is 62.2 Å². The van der Waals surface area contributed by atoms with Gasteiger partial charge in [-0.1, -0.05) is 19.9 Å². The van der Waals surface area contributed by atoms with Gasteiger partial charge >= 0.3 is 0 Å². The SMILES string of the molecule is CCCN(CCC)C(=O)c1ccc(NC(=O)CNc2cccc(C(=O)NCC)c2)cc1. The highest BCUT2D eigenvalue weighted by atomic mass is 16.2. The van der Waals surface area contributed by atoms with Crippen molar-refractivity contribution >= 4 is 29.1 Å². The predicted molar refractivity (Wildman–Crippen MR) is 124 cm³/mol. The summed E-state index contributed by atoms with van der Waals surface area (Å²) in [4.78, 5) is 38.7. The second kappa shape index (κ2) is 12.4. The van der Waals surface area contributed by atoms with Crippen molar-refractivity contribution in [3.8, 4) is 0 Å². The number of anilines is 2. The molecule has 0 unspecified atom stereocenters. The Balaban J connectivity index is 1.91. The Morgan fingerprint density at radius 3 is 2.13 bits per heavy atom. The minimum absolute atomic E-state index is 0.00948. The van der Waals surface area contributed by atoms with E-state index in [9.17, 15) is 14.4 Å². The maximum atomic E-state index is 12.6. The van der Waals surface area contributed by atoms with Crippen LogP contribution >= 0.6 is 0 Å². The molecule has 0 atom stereocenters. The lowest BCUT2D eigenvalue weighted by Gasteiger charge is -2.21. The normalized spacial score (nSPS) is 10.3. The molecule has 2 aromatic carbocycles. The molecule has 31 heavy (non-hydrogen) atoms. The maximum absolute atomic E-state index is 12.6. The van der Waals surface area contributed by atoms with E-state index in [1.807, 2.05) is 11.8 Å². The Bertz CT molecular complexity index is 875. The zero-order valence-electron chi connectivity index (χ0n) is 18.5. The first-order chi connectivity index (χ1) is 15.0. The second-order valence-electron chi connectivity index (χ2n) is 7.21. The lowest BCUT2D eigenvalue weighted by Crippen LogP contribution is -2.32. The molecule has 0 aliphatic carbocycles. The van der Waals surface area contributed by atoms with Crippen molar-refractivity contribution in [3.05, 3.63) is 59.7 Å². The van der Waals surface area contributed by atoms with Crippen molar-refractivity contribution in [2.75, 3.05) is 36.8 Å². The summed E-state index contributed by atoms with van der Waals surface area (Å²) in [5.74, 6) is -0.363. The van der Waals surface area contributed by atoms with Crippen molar-refractivity contribution < 1.29 is 14.4 Å². The predicted octanol–water partition coefficient (Wildman–Crippen LogP) is 3.75. The molecule has 0 aliphatic heterocycles. The van der Waals surface area contributed by atoms with Gasteiger partial charge in [0, 0.05) is 42.1 Å². The smallest absolute Gasteiger partial charge is 0.253 e. The summed E-state index contributed by atoms with van der Waals surface area (Å²) in [6, 6.07) is 13.9. The van der Waals surface area contributed by atoms with Gasteiger partial charge in [0.2, 0.25) is 5.91 Å². The lowest BCUT2D eigenvalue weighted by atomic mass is 10.1. The van der Waals surface area contributed by atoms with Crippen LogP contribution in [0.2, 0.25) is 0 Å². The fraction of sp³-hybridized carbons (Fsp3) is 0.375. The van der Waals surface area contributed by atoms with Gasteiger partial charge in [-0.15, -0.1) is 0 Å². The highest BCUT2D eigenvalue weighted by molar-refractivity contribution is 5.97. The molecule has 7 nitrogen and oxygen atoms in total. The highest BCUT2D eigenvalue weighted by Gasteiger charge is 2.14. The molecule has 0 radical (unpaired) electrons. The third kappa shape index (κ3) is 7.44. The average Bonchev–Trinajstić information content (AvgIpc) is 2.78. The van der Waals surface area contributed by atoms with Crippen LogP contribution in [0.5, 0.6) is 0 Å². The van der Waals surface area contributed by atoms with Crippen molar-refractivity contribution in [3.63, 3.8) is 0 Å². The minimum atomic E-state index is -0.221. The van der Waals surface area contributed by atoms with Crippen molar-refractivity contribution in [1.29, 1.82) is 0 Å². The molecule has 0 aromatic heterocycles. The Morgan fingerprint density at radius 2 is 1.52 bits per heavy atom. The Labute approximate surface area is 184 Å². The van der Waals surface area contributed by atoms with Crippen LogP contribution in [-0.2, 0) is 4.79 Å². The van der Waals surface area contributed by atoms with Crippen LogP contribution < -0.4 is 16.0 Å². The molecule has 0 spiro atoms. The van der Waals surface area contributed by atoms with Crippen LogP contribution in [-0.4, -0.2) is 48.8 Å². The largest absolute Gasteiger partial charge is 0.376 e. The number of hydrogen-bond donors (Lipinski definition) is 3. The lowest BCUT2D eigenvalue weighted by molar-refractivity contribution is -0.114. The number of rotatable bonds is 11. The van der Waals surface area contributed by atoms with Gasteiger partial charge < -0.3 is 20.9 Å². The highest BCUT2D eigenvalue weighted by Crippen LogP contribution is 2.13. The molecule has 3 N–H and O–H groups in total. The summed E-state index contributed by atoms with van der Waals surface area (Å²) in [7, 11) is 0. The quantitative estimate of drug-likeness (QED) is 0.512. The zero-order chi connectivity index (χ0) is 22.6. The van der Waals surface area contributed by atoms with Gasteiger partial charge in [0.05, 0.1) is 6.54 Å². The van der Waals surface area contributed by atoms with Gasteiger partial charge in [-0.2, -0.15) is 0 Å². The number of benzene rings is 2. The van der Waals surface area contributed by atoms with Crippen LogP contribution in [0.25, 0.3) is 0 Å². The molecular formula is C24H32N4O3. The van der Waals surface area contributed by atoms with Gasteiger partial charge in [-0.3, -0.25) is 14.4 Å². The molecule has 0 bridgehead atoms. The molecule has 0 saturated heterocycles. The van der Waals surface area contributed by atoms with Crippen LogP contribution in [0.3, 0.4) is 0 Å². The first-order valence-corrected chi connectivity index (χ1v) is 10.8. The topological polar surface area (TPSA) is 90.5 Å². The molecule has 2 aromatic rings. The number of hydrogen-bond acceptors (Lipinski definition) is 4. The first-order valence-electron chi connectivity index (χ1n) is 10.8. The number of nitrogens with one attached hydrogen (secondary N) is 3. The van der Waals surface area contributed by atoms with Gasteiger partial charge in [0.15, 0.2) is 0 Å². The van der Waals surface area contributed by atoms with E-state index in [1.54, 1.807) is 48.5 Å². The van der Waals surface area contributed by atoms with Crippen LogP contribution in [0.15, 0.2) is 48.5 Å². The van der Waals surface area contributed by atoms with Crippen LogP contribution in [0, 0.1) is 0 Å². The fourth-order valence-electron chi connectivity index (χ4n) is 3.15. The van der Waals surface area contributed by atoms with E-state index in [1.165, 1.54) is 0 Å². The molecule has 2 rings (SSSR count). The van der Waals surface area contributed by atoms with E-state index < -0.39 is 0 Å². The van der Waals surface area contributed by atoms with E-state index in [2.05, 4.69) is 29.8 Å². The molecule has 0 heterocycles. The van der Waals surface area contributed by atoms with Crippen LogP contribution in [0.4, 0.5) is 11.4 Å². The monoisotopic (exact) mass is 424 g/mol. The molecule has 166 valence electrons. The number of carbonyl (C=O) groups is 3. The summed E-state index contributed by atoms with van der Waals surface area (Å²) in [6.07, 6.45) is 1.83. The number of amides is 3. The van der Waals surface area contributed by atoms with Crippen molar-refractivity contribution in [2.45, 2.75) is 33.6 Å². The third-order valence-electron chi connectivity index (χ3n) is 4.61. The van der Waals surface area contributed by atoms with Gasteiger partial charge in [0.1, 0.15) is 0 Å². The maximum Gasteiger partial charge on any atom is 0.253 e. The van der Waals surface area contributed by atoms with Crippen LogP contribution in [0.1, 0.15) is 54.3 Å². The standard InChI is InChI=1S/C24H32N4O3/c1-4-14-28(15-5-2)24(31)18-10-12-20(13-11-18)27-22(29)17-26-21-9-7-8-19(16-21)23(30)25-6-3/h7-13,16,26H,4-6,14-15,17H2,1-3H3,(H,25,30)(H,27,29). The minimum Gasteiger partial charge on any atom is -0.376 e. The summed E-state index contributed by atoms with van der Waals surface area (Å²) in [5.41, 5.74) is 2.46. The summed E-state index contributed by atoms with van der Waals surface area (Å²) in [6.45, 7) is 8.05. The molecule has 0 fully saturated rings. The average molecular weight is 425 g/mol. The van der Waals surface area contributed by atoms with Crippen molar-refractivity contribution in [1.82, 2.24) is 10.2 Å². The second-order valence-corrected chi connectivity index (χ2v) is 7.21. The zero-order valence-corrected chi connectivity index (χ0v) is 18.5. The van der Waals surface area contributed by atoms with Gasteiger partial charge in [-0.25, -0.2) is 0 Å². The van der Waals surface area contributed by atoms with E-state index in [0.29, 0.717) is 29.0 Å². The molecule has 0 saturated carbocycles. The van der Waals surface area contributed by atoms with Gasteiger partial charge in [0.25, 0.3) is 11.8 Å². The van der Waals surface area contributed by atoms with Crippen molar-refractivity contribution in [2.24, 2.45) is 0 Å². The Morgan fingerprint density at radius 1 is 0.839 bits per heavy atom. The van der Waals surface area contributed by atoms with E-state index in [0.717, 1.165) is 25.9 Å². The first kappa shape index (κ1) is 23.9. The van der Waals surface area contributed by atoms with E-state index in [4.69, 9.17) is 0 Å².